The predicted octanol–water partition coefficient (Wildman–Crippen LogP) is 1.01. The van der Waals surface area contributed by atoms with Gasteiger partial charge in [-0.3, -0.25) is 9.59 Å². The van der Waals surface area contributed by atoms with Gasteiger partial charge in [0.25, 0.3) is 0 Å². The second kappa shape index (κ2) is 8.60. The Morgan fingerprint density at radius 2 is 1.27 bits per heavy atom. The van der Waals surface area contributed by atoms with E-state index in [1.807, 2.05) is 0 Å². The molecule has 2 aliphatic rings. The van der Waals surface area contributed by atoms with Crippen LogP contribution in [0.2, 0.25) is 0 Å². The first-order valence-corrected chi connectivity index (χ1v) is 8.24. The van der Waals surface area contributed by atoms with Crippen molar-refractivity contribution in [3.63, 3.8) is 0 Å². The number of hydrogen-bond acceptors (Lipinski definition) is 3. The molecule has 2 N–H and O–H groups in total. The molecule has 0 aromatic rings. The molecule has 4 amide bonds. The minimum absolute atomic E-state index is 0.0792. The Morgan fingerprint density at radius 3 is 1.86 bits per heavy atom. The molecule has 0 radical (unpaired) electrons. The molecule has 0 aromatic carbocycles. The highest BCUT2D eigenvalue weighted by Gasteiger charge is 2.20. The second-order valence-corrected chi connectivity index (χ2v) is 5.93. The zero-order valence-corrected chi connectivity index (χ0v) is 13.1. The van der Waals surface area contributed by atoms with Crippen molar-refractivity contribution >= 4 is 17.8 Å². The van der Waals surface area contributed by atoms with Crippen LogP contribution in [-0.2, 0) is 9.59 Å². The standard InChI is InChI=1S/C15H26N4O3/c20-13-7-4-2-1-3-5-9-18(13)11-16-15(22)17-12-19-10-6-8-14(19)21/h1-12H2,(H2,16,17,22). The van der Waals surface area contributed by atoms with Crippen molar-refractivity contribution in [1.29, 1.82) is 0 Å². The molecule has 0 aliphatic carbocycles. The fourth-order valence-electron chi connectivity index (χ4n) is 2.83. The zero-order chi connectivity index (χ0) is 15.8. The summed E-state index contributed by atoms with van der Waals surface area (Å²) in [6.07, 6.45) is 7.31. The van der Waals surface area contributed by atoms with Gasteiger partial charge in [0.05, 0.1) is 13.3 Å². The molecule has 124 valence electrons. The van der Waals surface area contributed by atoms with Crippen molar-refractivity contribution in [2.75, 3.05) is 26.4 Å². The topological polar surface area (TPSA) is 81.8 Å². The summed E-state index contributed by atoms with van der Waals surface area (Å²) in [7, 11) is 0. The molecule has 0 bridgehead atoms. The van der Waals surface area contributed by atoms with Crippen molar-refractivity contribution < 1.29 is 14.4 Å². The molecule has 22 heavy (non-hydrogen) atoms. The van der Waals surface area contributed by atoms with Gasteiger partial charge < -0.3 is 20.4 Å². The van der Waals surface area contributed by atoms with Gasteiger partial charge >= 0.3 is 6.03 Å². The number of likely N-dealkylation sites (tertiary alicyclic amines) is 1. The summed E-state index contributed by atoms with van der Waals surface area (Å²) in [5, 5.41) is 5.37. The van der Waals surface area contributed by atoms with E-state index in [0.717, 1.165) is 32.1 Å². The van der Waals surface area contributed by atoms with Gasteiger partial charge in [-0.1, -0.05) is 19.3 Å². The van der Waals surface area contributed by atoms with Gasteiger partial charge in [-0.15, -0.1) is 0 Å². The van der Waals surface area contributed by atoms with Crippen molar-refractivity contribution in [1.82, 2.24) is 20.4 Å². The van der Waals surface area contributed by atoms with E-state index in [9.17, 15) is 14.4 Å². The largest absolute Gasteiger partial charge is 0.325 e. The van der Waals surface area contributed by atoms with Crippen molar-refractivity contribution in [2.24, 2.45) is 0 Å². The van der Waals surface area contributed by atoms with Gasteiger partial charge in [-0.05, 0) is 19.3 Å². The van der Waals surface area contributed by atoms with Crippen molar-refractivity contribution in [3.05, 3.63) is 0 Å². The zero-order valence-electron chi connectivity index (χ0n) is 13.1. The maximum Gasteiger partial charge on any atom is 0.317 e. The van der Waals surface area contributed by atoms with Gasteiger partial charge in [0.15, 0.2) is 0 Å². The van der Waals surface area contributed by atoms with E-state index in [4.69, 9.17) is 0 Å². The highest BCUT2D eigenvalue weighted by atomic mass is 16.2. The average Bonchev–Trinajstić information content (AvgIpc) is 2.94. The molecule has 0 unspecified atom stereocenters. The monoisotopic (exact) mass is 310 g/mol. The van der Waals surface area contributed by atoms with Crippen molar-refractivity contribution in [3.8, 4) is 0 Å². The van der Waals surface area contributed by atoms with Crippen LogP contribution in [-0.4, -0.2) is 54.1 Å². The van der Waals surface area contributed by atoms with Crippen LogP contribution in [0, 0.1) is 0 Å². The molecular weight excluding hydrogens is 284 g/mol. The van der Waals surface area contributed by atoms with E-state index >= 15 is 0 Å². The summed E-state index contributed by atoms with van der Waals surface area (Å²) < 4.78 is 0. The van der Waals surface area contributed by atoms with Gasteiger partial charge in [0, 0.05) is 25.9 Å². The fraction of sp³-hybridized carbons (Fsp3) is 0.800. The lowest BCUT2D eigenvalue weighted by molar-refractivity contribution is -0.131. The molecule has 2 heterocycles. The summed E-state index contributed by atoms with van der Waals surface area (Å²) in [6, 6.07) is -0.340. The summed E-state index contributed by atoms with van der Waals surface area (Å²) in [5.41, 5.74) is 0. The molecule has 2 fully saturated rings. The lowest BCUT2D eigenvalue weighted by atomic mass is 10.1. The lowest BCUT2D eigenvalue weighted by Crippen LogP contribution is -2.48. The fourth-order valence-corrected chi connectivity index (χ4v) is 2.83. The average molecular weight is 310 g/mol. The molecule has 2 saturated heterocycles. The first-order chi connectivity index (χ1) is 10.7. The van der Waals surface area contributed by atoms with Crippen LogP contribution in [0.4, 0.5) is 4.79 Å². The van der Waals surface area contributed by atoms with E-state index in [1.54, 1.807) is 9.80 Å². The number of hydrogen-bond donors (Lipinski definition) is 2. The van der Waals surface area contributed by atoms with Gasteiger partial charge in [-0.25, -0.2) is 4.79 Å². The number of amides is 4. The number of urea groups is 1. The first-order valence-electron chi connectivity index (χ1n) is 8.24. The Morgan fingerprint density at radius 1 is 0.773 bits per heavy atom. The number of rotatable bonds is 4. The maximum atomic E-state index is 12.0. The van der Waals surface area contributed by atoms with Gasteiger partial charge in [0.1, 0.15) is 0 Å². The minimum Gasteiger partial charge on any atom is -0.325 e. The Kier molecular flexibility index (Phi) is 6.48. The summed E-state index contributed by atoms with van der Waals surface area (Å²) in [6.45, 7) is 1.87. The van der Waals surface area contributed by atoms with E-state index in [1.165, 1.54) is 6.42 Å². The molecule has 0 spiro atoms. The number of carbonyl (C=O) groups excluding carboxylic acids is 3. The third-order valence-corrected chi connectivity index (χ3v) is 4.20. The maximum absolute atomic E-state index is 12.0. The Hall–Kier alpha value is -1.79. The highest BCUT2D eigenvalue weighted by molar-refractivity contribution is 5.80. The van der Waals surface area contributed by atoms with Gasteiger partial charge in [-0.2, -0.15) is 0 Å². The second-order valence-electron chi connectivity index (χ2n) is 5.93. The Bertz CT molecular complexity index is 414. The summed E-state index contributed by atoms with van der Waals surface area (Å²) in [5.74, 6) is 0.187. The van der Waals surface area contributed by atoms with Crippen LogP contribution in [0.3, 0.4) is 0 Å². The molecule has 2 rings (SSSR count). The van der Waals surface area contributed by atoms with Crippen LogP contribution >= 0.6 is 0 Å². The summed E-state index contributed by atoms with van der Waals surface area (Å²) >= 11 is 0. The number of nitrogens with one attached hydrogen (secondary N) is 2. The smallest absolute Gasteiger partial charge is 0.317 e. The van der Waals surface area contributed by atoms with E-state index in [0.29, 0.717) is 25.9 Å². The third kappa shape index (κ3) is 5.20. The third-order valence-electron chi connectivity index (χ3n) is 4.20. The Labute approximate surface area is 131 Å². The molecule has 2 aliphatic heterocycles. The van der Waals surface area contributed by atoms with E-state index in [-0.39, 0.29) is 31.2 Å². The molecule has 7 heteroatoms. The van der Waals surface area contributed by atoms with Crippen LogP contribution in [0.15, 0.2) is 0 Å². The lowest BCUT2D eigenvalue weighted by Gasteiger charge is -2.23. The number of nitrogens with zero attached hydrogens (tertiary/aromatic N) is 2. The van der Waals surface area contributed by atoms with Crippen LogP contribution in [0.25, 0.3) is 0 Å². The van der Waals surface area contributed by atoms with Crippen LogP contribution < -0.4 is 10.6 Å². The van der Waals surface area contributed by atoms with Crippen molar-refractivity contribution in [2.45, 2.75) is 51.4 Å². The SMILES string of the molecule is O=C(NCN1CCCCCCCC1=O)NCN1CCCC1=O. The molecule has 7 nitrogen and oxygen atoms in total. The first kappa shape index (κ1) is 16.6. The minimum atomic E-state index is -0.340. The van der Waals surface area contributed by atoms with E-state index < -0.39 is 0 Å². The molecule has 0 saturated carbocycles. The number of carbonyl (C=O) groups is 3. The normalized spacial score (nSPS) is 20.4. The Balaban J connectivity index is 1.69. The quantitative estimate of drug-likeness (QED) is 0.813. The predicted molar refractivity (Wildman–Crippen MR) is 81.8 cm³/mol. The van der Waals surface area contributed by atoms with E-state index in [2.05, 4.69) is 10.6 Å². The van der Waals surface area contributed by atoms with Gasteiger partial charge in [0.2, 0.25) is 11.8 Å². The molecule has 0 aromatic heterocycles. The summed E-state index contributed by atoms with van der Waals surface area (Å²) in [4.78, 5) is 38.6. The highest BCUT2D eigenvalue weighted by Crippen LogP contribution is 2.11. The van der Waals surface area contributed by atoms with Crippen LogP contribution in [0.5, 0.6) is 0 Å². The molecule has 0 atom stereocenters. The van der Waals surface area contributed by atoms with Crippen LogP contribution in [0.1, 0.15) is 51.4 Å². The molecular formula is C15H26N4O3.